The lowest BCUT2D eigenvalue weighted by molar-refractivity contribution is -0.121. The number of amides is 2. The van der Waals surface area contributed by atoms with E-state index in [9.17, 15) is 9.59 Å². The van der Waals surface area contributed by atoms with Gasteiger partial charge in [0.05, 0.1) is 19.0 Å². The third kappa shape index (κ3) is 6.45. The number of carbonyl (C=O) groups is 2. The average molecular weight is 463 g/mol. The van der Waals surface area contributed by atoms with Gasteiger partial charge in [0, 0.05) is 11.3 Å². The van der Waals surface area contributed by atoms with Gasteiger partial charge in [-0.1, -0.05) is 90.5 Å². The van der Waals surface area contributed by atoms with Gasteiger partial charge in [0.15, 0.2) is 0 Å². The van der Waals surface area contributed by atoms with Crippen molar-refractivity contribution in [3.05, 3.63) is 137 Å². The molecule has 1 atom stereocenters. The van der Waals surface area contributed by atoms with E-state index in [2.05, 4.69) is 17.4 Å². The summed E-state index contributed by atoms with van der Waals surface area (Å²) in [5.74, 6) is -0.0978. The first-order chi connectivity index (χ1) is 17.0. The molecule has 0 spiro atoms. The number of anilines is 1. The summed E-state index contributed by atoms with van der Waals surface area (Å²) in [6.45, 7) is 4.49. The minimum atomic E-state index is -0.0617. The molecule has 0 aliphatic heterocycles. The van der Waals surface area contributed by atoms with E-state index < -0.39 is 0 Å². The zero-order valence-corrected chi connectivity index (χ0v) is 20.1. The molecular formula is C31H30N2O2. The van der Waals surface area contributed by atoms with E-state index in [1.165, 1.54) is 5.56 Å². The van der Waals surface area contributed by atoms with Crippen molar-refractivity contribution in [3.8, 4) is 0 Å². The molecule has 0 unspecified atom stereocenters. The smallest absolute Gasteiger partial charge is 0.258 e. The number of rotatable bonds is 8. The number of hydrogen-bond acceptors (Lipinski definition) is 2. The van der Waals surface area contributed by atoms with E-state index in [4.69, 9.17) is 0 Å². The molecular weight excluding hydrogens is 432 g/mol. The number of benzene rings is 4. The molecule has 0 aliphatic rings. The van der Waals surface area contributed by atoms with Gasteiger partial charge in [0.2, 0.25) is 5.91 Å². The number of nitrogens with zero attached hydrogens (tertiary/aromatic N) is 1. The number of nitrogens with one attached hydrogen (secondary N) is 1. The van der Waals surface area contributed by atoms with Gasteiger partial charge in [-0.05, 0) is 54.8 Å². The van der Waals surface area contributed by atoms with Crippen molar-refractivity contribution in [2.45, 2.75) is 32.9 Å². The fraction of sp³-hybridized carbons (Fsp3) is 0.161. The highest BCUT2D eigenvalue weighted by atomic mass is 16.2. The van der Waals surface area contributed by atoms with Crippen LogP contribution < -0.4 is 10.2 Å². The van der Waals surface area contributed by atoms with Crippen LogP contribution in [0.25, 0.3) is 0 Å². The van der Waals surface area contributed by atoms with E-state index in [0.29, 0.717) is 12.1 Å². The average Bonchev–Trinajstić information content (AvgIpc) is 2.89. The Balaban J connectivity index is 1.49. The summed E-state index contributed by atoms with van der Waals surface area (Å²) in [7, 11) is 0. The van der Waals surface area contributed by atoms with E-state index >= 15 is 0 Å². The molecule has 0 saturated heterocycles. The monoisotopic (exact) mass is 462 g/mol. The van der Waals surface area contributed by atoms with Crippen LogP contribution in [-0.4, -0.2) is 11.8 Å². The Morgan fingerprint density at radius 3 is 1.94 bits per heavy atom. The highest BCUT2D eigenvalue weighted by Gasteiger charge is 2.18. The Bertz CT molecular complexity index is 1250. The summed E-state index contributed by atoms with van der Waals surface area (Å²) in [4.78, 5) is 27.8. The van der Waals surface area contributed by atoms with Crippen LogP contribution in [0.1, 0.15) is 45.6 Å². The second kappa shape index (κ2) is 11.3. The van der Waals surface area contributed by atoms with Crippen LogP contribution in [0.2, 0.25) is 0 Å². The Labute approximate surface area is 207 Å². The first-order valence-electron chi connectivity index (χ1n) is 11.9. The zero-order chi connectivity index (χ0) is 24.6. The van der Waals surface area contributed by atoms with Crippen LogP contribution in [0.4, 0.5) is 5.69 Å². The molecule has 4 rings (SSSR count). The highest BCUT2D eigenvalue weighted by Crippen LogP contribution is 2.22. The molecule has 0 saturated carbocycles. The number of carbonyl (C=O) groups excluding carboxylic acids is 2. The number of hydrogen-bond donors (Lipinski definition) is 1. The molecule has 2 amide bonds. The fourth-order valence-corrected chi connectivity index (χ4v) is 3.99. The lowest BCUT2D eigenvalue weighted by atomic mass is 10.1. The molecule has 0 aromatic heterocycles. The fourth-order valence-electron chi connectivity index (χ4n) is 3.99. The molecule has 0 fully saturated rings. The molecule has 4 nitrogen and oxygen atoms in total. The standard InChI is InChI=1S/C31H30N2O2/c1-23-13-15-26(16-14-23)22-33(31(35)28-11-7-4-8-12-28)29-19-17-25(18-20-29)21-30(34)32-24(2)27-9-5-3-6-10-27/h3-20,24H,21-22H2,1-2H3,(H,32,34)/t24-/m1/s1. The predicted octanol–water partition coefficient (Wildman–Crippen LogP) is 6.26. The van der Waals surface area contributed by atoms with Gasteiger partial charge in [-0.3, -0.25) is 9.59 Å². The first-order valence-corrected chi connectivity index (χ1v) is 11.9. The molecule has 4 aromatic rings. The third-order valence-corrected chi connectivity index (χ3v) is 6.02. The molecule has 0 aliphatic carbocycles. The topological polar surface area (TPSA) is 49.4 Å². The second-order valence-corrected chi connectivity index (χ2v) is 8.79. The van der Waals surface area contributed by atoms with Crippen molar-refractivity contribution in [1.29, 1.82) is 0 Å². The van der Waals surface area contributed by atoms with Gasteiger partial charge in [-0.15, -0.1) is 0 Å². The lowest BCUT2D eigenvalue weighted by Gasteiger charge is -2.24. The van der Waals surface area contributed by atoms with Crippen LogP contribution in [0, 0.1) is 6.92 Å². The second-order valence-electron chi connectivity index (χ2n) is 8.79. The Hall–Kier alpha value is -4.18. The minimum absolute atomic E-state index is 0.0361. The maximum atomic E-state index is 13.4. The van der Waals surface area contributed by atoms with Gasteiger partial charge >= 0.3 is 0 Å². The van der Waals surface area contributed by atoms with Crippen LogP contribution in [0.3, 0.4) is 0 Å². The molecule has 4 heteroatoms. The van der Waals surface area contributed by atoms with E-state index in [1.54, 1.807) is 4.90 Å². The summed E-state index contributed by atoms with van der Waals surface area (Å²) in [6, 6.07) is 35.0. The minimum Gasteiger partial charge on any atom is -0.349 e. The highest BCUT2D eigenvalue weighted by molar-refractivity contribution is 6.06. The Morgan fingerprint density at radius 1 is 0.743 bits per heavy atom. The predicted molar refractivity (Wildman–Crippen MR) is 141 cm³/mol. The van der Waals surface area contributed by atoms with Gasteiger partial charge in [-0.25, -0.2) is 0 Å². The van der Waals surface area contributed by atoms with E-state index in [0.717, 1.165) is 22.4 Å². The normalized spacial score (nSPS) is 11.5. The molecule has 0 bridgehead atoms. The molecule has 0 radical (unpaired) electrons. The van der Waals surface area contributed by atoms with Crippen LogP contribution in [-0.2, 0) is 17.8 Å². The van der Waals surface area contributed by atoms with Crippen molar-refractivity contribution in [2.75, 3.05) is 4.90 Å². The van der Waals surface area contributed by atoms with Gasteiger partial charge in [0.1, 0.15) is 0 Å². The van der Waals surface area contributed by atoms with Crippen LogP contribution >= 0.6 is 0 Å². The summed E-state index contributed by atoms with van der Waals surface area (Å²) < 4.78 is 0. The zero-order valence-electron chi connectivity index (χ0n) is 20.1. The van der Waals surface area contributed by atoms with Crippen molar-refractivity contribution in [2.24, 2.45) is 0 Å². The van der Waals surface area contributed by atoms with Crippen LogP contribution in [0.15, 0.2) is 109 Å². The van der Waals surface area contributed by atoms with Gasteiger partial charge in [-0.2, -0.15) is 0 Å². The van der Waals surface area contributed by atoms with Crippen molar-refractivity contribution >= 4 is 17.5 Å². The molecule has 0 heterocycles. The van der Waals surface area contributed by atoms with Crippen molar-refractivity contribution in [3.63, 3.8) is 0 Å². The van der Waals surface area contributed by atoms with E-state index in [-0.39, 0.29) is 24.3 Å². The van der Waals surface area contributed by atoms with Gasteiger partial charge < -0.3 is 10.2 Å². The Kier molecular flexibility index (Phi) is 7.74. The first kappa shape index (κ1) is 24.0. The van der Waals surface area contributed by atoms with Gasteiger partial charge in [0.25, 0.3) is 5.91 Å². The number of aryl methyl sites for hydroxylation is 1. The maximum absolute atomic E-state index is 13.4. The third-order valence-electron chi connectivity index (χ3n) is 6.02. The van der Waals surface area contributed by atoms with Crippen molar-refractivity contribution < 1.29 is 9.59 Å². The molecule has 176 valence electrons. The summed E-state index contributed by atoms with van der Waals surface area (Å²) in [5, 5.41) is 3.06. The largest absolute Gasteiger partial charge is 0.349 e. The molecule has 35 heavy (non-hydrogen) atoms. The van der Waals surface area contributed by atoms with Crippen LogP contribution in [0.5, 0.6) is 0 Å². The quantitative estimate of drug-likeness (QED) is 0.336. The maximum Gasteiger partial charge on any atom is 0.258 e. The van der Waals surface area contributed by atoms with E-state index in [1.807, 2.05) is 111 Å². The molecule has 1 N–H and O–H groups in total. The van der Waals surface area contributed by atoms with Crippen molar-refractivity contribution in [1.82, 2.24) is 5.32 Å². The Morgan fingerprint density at radius 2 is 1.31 bits per heavy atom. The molecule has 4 aromatic carbocycles. The summed E-state index contributed by atoms with van der Waals surface area (Å²) in [5.41, 5.74) is 5.63. The summed E-state index contributed by atoms with van der Waals surface area (Å²) >= 11 is 0. The SMILES string of the molecule is Cc1ccc(CN(C(=O)c2ccccc2)c2ccc(CC(=O)N[C@H](C)c3ccccc3)cc2)cc1. The summed E-state index contributed by atoms with van der Waals surface area (Å²) in [6.07, 6.45) is 0.280. The lowest BCUT2D eigenvalue weighted by Crippen LogP contribution is -2.30.